The summed E-state index contributed by atoms with van der Waals surface area (Å²) in [5, 5.41) is 5.58. The predicted octanol–water partition coefficient (Wildman–Crippen LogP) is 1.90. The molecule has 21 heavy (non-hydrogen) atoms. The quantitative estimate of drug-likeness (QED) is 0.872. The molecule has 0 heterocycles. The van der Waals surface area contributed by atoms with Gasteiger partial charge in [-0.1, -0.05) is 0 Å². The van der Waals surface area contributed by atoms with E-state index in [4.69, 9.17) is 0 Å². The van der Waals surface area contributed by atoms with E-state index in [1.807, 2.05) is 0 Å². The van der Waals surface area contributed by atoms with Crippen molar-refractivity contribution in [3.8, 4) is 0 Å². The van der Waals surface area contributed by atoms with Gasteiger partial charge in [-0.3, -0.25) is 4.31 Å². The van der Waals surface area contributed by atoms with Crippen molar-refractivity contribution in [3.63, 3.8) is 0 Å². The van der Waals surface area contributed by atoms with E-state index in [0.29, 0.717) is 17.4 Å². The van der Waals surface area contributed by atoms with Gasteiger partial charge in [-0.25, -0.2) is 13.2 Å². The first-order valence-corrected chi connectivity index (χ1v) is 8.95. The van der Waals surface area contributed by atoms with Crippen molar-refractivity contribution in [2.24, 2.45) is 0 Å². The van der Waals surface area contributed by atoms with E-state index in [-0.39, 0.29) is 12.1 Å². The normalized spacial score (nSPS) is 18.1. The molecule has 0 aliphatic heterocycles. The van der Waals surface area contributed by atoms with Crippen LogP contribution in [0.5, 0.6) is 0 Å². The number of amides is 2. The number of benzene rings is 1. The zero-order valence-electron chi connectivity index (χ0n) is 11.9. The largest absolute Gasteiger partial charge is 0.335 e. The van der Waals surface area contributed by atoms with Crippen LogP contribution in [0.15, 0.2) is 24.3 Å². The van der Waals surface area contributed by atoms with Crippen molar-refractivity contribution < 1.29 is 13.2 Å². The Morgan fingerprint density at radius 2 is 1.76 bits per heavy atom. The molecule has 114 valence electrons. The summed E-state index contributed by atoms with van der Waals surface area (Å²) in [6, 6.07) is 7.08. The van der Waals surface area contributed by atoms with Crippen LogP contribution in [0.2, 0.25) is 0 Å². The van der Waals surface area contributed by atoms with Crippen LogP contribution in [0.3, 0.4) is 0 Å². The molecule has 0 radical (unpaired) electrons. The van der Waals surface area contributed by atoms with Gasteiger partial charge < -0.3 is 10.6 Å². The number of hydrogen-bond donors (Lipinski definition) is 2. The van der Waals surface area contributed by atoms with Crippen molar-refractivity contribution in [2.75, 3.05) is 15.9 Å². The highest BCUT2D eigenvalue weighted by Gasteiger charge is 2.35. The second-order valence-corrected chi connectivity index (χ2v) is 7.57. The number of rotatable bonds is 5. The summed E-state index contributed by atoms with van der Waals surface area (Å²) in [5.41, 5.74) is 1.30. The Balaban J connectivity index is 1.69. The molecule has 0 saturated heterocycles. The third-order valence-corrected chi connectivity index (χ3v) is 4.75. The number of urea groups is 1. The molecule has 1 aromatic rings. The lowest BCUT2D eigenvalue weighted by Crippen LogP contribution is -2.32. The highest BCUT2D eigenvalue weighted by atomic mass is 32.2. The zero-order chi connectivity index (χ0) is 15.0. The smallest absolute Gasteiger partial charge is 0.319 e. The summed E-state index contributed by atoms with van der Waals surface area (Å²) in [4.78, 5) is 11.6. The van der Waals surface area contributed by atoms with Gasteiger partial charge in [0.05, 0.1) is 11.9 Å². The molecular weight excluding hydrogens is 290 g/mol. The Kier molecular flexibility index (Phi) is 3.52. The van der Waals surface area contributed by atoms with Crippen molar-refractivity contribution >= 4 is 27.4 Å². The van der Waals surface area contributed by atoms with Crippen LogP contribution < -0.4 is 14.9 Å². The average Bonchev–Trinajstić information content (AvgIpc) is 3.25. The molecule has 2 saturated carbocycles. The first kappa shape index (κ1) is 14.2. The molecule has 0 atom stereocenters. The third kappa shape index (κ3) is 3.66. The molecular formula is C14H19N3O3S. The molecule has 0 bridgehead atoms. The summed E-state index contributed by atoms with van der Waals surface area (Å²) < 4.78 is 25.2. The minimum Gasteiger partial charge on any atom is -0.335 e. The van der Waals surface area contributed by atoms with E-state index in [1.165, 1.54) is 10.6 Å². The minimum atomic E-state index is -3.26. The summed E-state index contributed by atoms with van der Waals surface area (Å²) in [6.45, 7) is 0. The molecule has 0 aromatic heterocycles. The van der Waals surface area contributed by atoms with Gasteiger partial charge in [-0.2, -0.15) is 0 Å². The molecule has 2 fully saturated rings. The van der Waals surface area contributed by atoms with Crippen LogP contribution in [0.25, 0.3) is 0 Å². The summed E-state index contributed by atoms with van der Waals surface area (Å²) >= 11 is 0. The van der Waals surface area contributed by atoms with E-state index < -0.39 is 10.0 Å². The zero-order valence-corrected chi connectivity index (χ0v) is 12.7. The van der Waals surface area contributed by atoms with Gasteiger partial charge in [0.15, 0.2) is 0 Å². The van der Waals surface area contributed by atoms with Crippen molar-refractivity contribution in [3.05, 3.63) is 24.3 Å². The highest BCUT2D eigenvalue weighted by Crippen LogP contribution is 2.34. The number of carbonyl (C=O) groups is 1. The molecule has 2 amide bonds. The molecule has 2 aliphatic rings. The first-order valence-electron chi connectivity index (χ1n) is 7.10. The number of carbonyl (C=O) groups excluding carboxylic acids is 1. The van der Waals surface area contributed by atoms with E-state index in [1.54, 1.807) is 24.3 Å². The average molecular weight is 309 g/mol. The fraction of sp³-hybridized carbons (Fsp3) is 0.500. The maximum atomic E-state index is 11.9. The van der Waals surface area contributed by atoms with Gasteiger partial charge in [0.25, 0.3) is 0 Å². The lowest BCUT2D eigenvalue weighted by atomic mass is 10.3. The lowest BCUT2D eigenvalue weighted by Gasteiger charge is -2.22. The van der Waals surface area contributed by atoms with Gasteiger partial charge in [-0.05, 0) is 49.9 Å². The third-order valence-electron chi connectivity index (χ3n) is 3.53. The van der Waals surface area contributed by atoms with Crippen molar-refractivity contribution in [2.45, 2.75) is 37.8 Å². The van der Waals surface area contributed by atoms with Crippen LogP contribution in [0.1, 0.15) is 25.7 Å². The van der Waals surface area contributed by atoms with Crippen LogP contribution in [-0.2, 0) is 10.0 Å². The molecule has 1 aromatic carbocycles. The monoisotopic (exact) mass is 309 g/mol. The van der Waals surface area contributed by atoms with Gasteiger partial charge >= 0.3 is 6.03 Å². The maximum absolute atomic E-state index is 11.9. The standard InChI is InChI=1S/C14H19N3O3S/c1-21(19,20)17(13-8-9-13)12-6-4-11(5-7-12)16-14(18)15-10-2-3-10/h4-7,10,13H,2-3,8-9H2,1H3,(H2,15,16,18). The van der Waals surface area contributed by atoms with Crippen LogP contribution in [-0.4, -0.2) is 32.8 Å². The summed E-state index contributed by atoms with van der Waals surface area (Å²) in [6.07, 6.45) is 5.10. The lowest BCUT2D eigenvalue weighted by molar-refractivity contribution is 0.251. The first-order chi connectivity index (χ1) is 9.93. The summed E-state index contributed by atoms with van der Waals surface area (Å²) in [5.74, 6) is 0. The molecule has 0 unspecified atom stereocenters. The number of hydrogen-bond acceptors (Lipinski definition) is 3. The van der Waals surface area contributed by atoms with Crippen molar-refractivity contribution in [1.82, 2.24) is 5.32 Å². The molecule has 6 nitrogen and oxygen atoms in total. The van der Waals surface area contributed by atoms with Crippen LogP contribution in [0, 0.1) is 0 Å². The topological polar surface area (TPSA) is 78.5 Å². The van der Waals surface area contributed by atoms with E-state index in [0.717, 1.165) is 25.7 Å². The maximum Gasteiger partial charge on any atom is 0.319 e. The predicted molar refractivity (Wildman–Crippen MR) is 82.0 cm³/mol. The number of sulfonamides is 1. The highest BCUT2D eigenvalue weighted by molar-refractivity contribution is 7.92. The molecule has 2 aliphatic carbocycles. The molecule has 2 N–H and O–H groups in total. The van der Waals surface area contributed by atoms with Crippen molar-refractivity contribution in [1.29, 1.82) is 0 Å². The minimum absolute atomic E-state index is 0.0805. The Hall–Kier alpha value is -1.76. The molecule has 7 heteroatoms. The molecule has 3 rings (SSSR count). The fourth-order valence-electron chi connectivity index (χ4n) is 2.25. The van der Waals surface area contributed by atoms with Gasteiger partial charge in [-0.15, -0.1) is 0 Å². The Morgan fingerprint density at radius 3 is 2.24 bits per heavy atom. The Labute approximate surface area is 124 Å². The number of anilines is 2. The number of nitrogens with one attached hydrogen (secondary N) is 2. The van der Waals surface area contributed by atoms with Gasteiger partial charge in [0.2, 0.25) is 10.0 Å². The SMILES string of the molecule is CS(=O)(=O)N(c1ccc(NC(=O)NC2CC2)cc1)C1CC1. The van der Waals surface area contributed by atoms with E-state index in [2.05, 4.69) is 10.6 Å². The van der Waals surface area contributed by atoms with E-state index >= 15 is 0 Å². The summed E-state index contributed by atoms with van der Waals surface area (Å²) in [7, 11) is -3.26. The number of nitrogens with zero attached hydrogens (tertiary/aromatic N) is 1. The van der Waals surface area contributed by atoms with Gasteiger partial charge in [0.1, 0.15) is 0 Å². The Bertz CT molecular complexity index is 634. The van der Waals surface area contributed by atoms with Gasteiger partial charge in [0, 0.05) is 17.8 Å². The van der Waals surface area contributed by atoms with E-state index in [9.17, 15) is 13.2 Å². The fourth-order valence-corrected chi connectivity index (χ4v) is 3.51. The van der Waals surface area contributed by atoms with Crippen LogP contribution in [0.4, 0.5) is 16.2 Å². The molecule has 0 spiro atoms. The second-order valence-electron chi connectivity index (χ2n) is 5.71. The van der Waals surface area contributed by atoms with Crippen LogP contribution >= 0.6 is 0 Å². The Morgan fingerprint density at radius 1 is 1.14 bits per heavy atom. The second kappa shape index (κ2) is 5.22.